The summed E-state index contributed by atoms with van der Waals surface area (Å²) in [5.74, 6) is 0. The summed E-state index contributed by atoms with van der Waals surface area (Å²) >= 11 is 0. The molecule has 0 amide bonds. The Labute approximate surface area is 150 Å². The third kappa shape index (κ3) is 70.9. The van der Waals surface area contributed by atoms with Gasteiger partial charge in [0.05, 0.1) is 0 Å². The van der Waals surface area contributed by atoms with E-state index in [0.29, 0.717) is 6.61 Å². The molecule has 0 saturated carbocycles. The third-order valence-corrected chi connectivity index (χ3v) is 2.51. The highest BCUT2D eigenvalue weighted by Gasteiger charge is 1.91. The maximum Gasteiger partial charge on any atom is 0.0483 e. The van der Waals surface area contributed by atoms with E-state index in [-0.39, 0.29) is 29.6 Å². The summed E-state index contributed by atoms with van der Waals surface area (Å²) < 4.78 is 0. The van der Waals surface area contributed by atoms with Crippen LogP contribution in [0.4, 0.5) is 0 Å². The van der Waals surface area contributed by atoms with Gasteiger partial charge in [-0.2, -0.15) is 0 Å². The molecule has 0 aliphatic carbocycles. The molecule has 3 nitrogen and oxygen atoms in total. The first-order chi connectivity index (χ1) is 9.88. The van der Waals surface area contributed by atoms with Crippen LogP contribution in [-0.4, -0.2) is 51.5 Å². The second-order valence-electron chi connectivity index (χ2n) is 6.09. The van der Waals surface area contributed by atoms with Crippen molar-refractivity contribution in [3.8, 4) is 0 Å². The maximum absolute atomic E-state index is 8.57. The van der Waals surface area contributed by atoms with E-state index in [1.807, 2.05) is 0 Å². The first-order valence-electron chi connectivity index (χ1n) is 8.85. The molecule has 0 rings (SSSR count). The van der Waals surface area contributed by atoms with E-state index in [0.717, 1.165) is 6.42 Å². The zero-order chi connectivity index (χ0) is 16.9. The van der Waals surface area contributed by atoms with Crippen LogP contribution in [0, 0.1) is 0 Å². The molecule has 0 unspecified atom stereocenters. The Morgan fingerprint density at radius 3 is 1.05 bits per heavy atom. The molecule has 0 aliphatic heterocycles. The lowest BCUT2D eigenvalue weighted by Gasteiger charge is -2.00. The van der Waals surface area contributed by atoms with Gasteiger partial charge >= 0.3 is 0 Å². The van der Waals surface area contributed by atoms with Gasteiger partial charge in [-0.1, -0.05) is 64.7 Å². The molecular formula is C18H42AlO3. The smallest absolute Gasteiger partial charge is 0.0483 e. The highest BCUT2D eigenvalue weighted by atomic mass is 27.0. The van der Waals surface area contributed by atoms with Crippen LogP contribution in [-0.2, 0) is 0 Å². The number of hydrogen-bond acceptors (Lipinski definition) is 3. The highest BCUT2D eigenvalue weighted by Crippen LogP contribution is 2.09. The van der Waals surface area contributed by atoms with Crippen molar-refractivity contribution in [3.05, 3.63) is 0 Å². The summed E-state index contributed by atoms with van der Waals surface area (Å²) in [5, 5.41) is 24.7. The van der Waals surface area contributed by atoms with Crippen molar-refractivity contribution < 1.29 is 15.3 Å². The van der Waals surface area contributed by atoms with Gasteiger partial charge in [-0.3, -0.25) is 0 Å². The summed E-state index contributed by atoms with van der Waals surface area (Å²) in [4.78, 5) is 0. The molecule has 22 heavy (non-hydrogen) atoms. The fourth-order valence-electron chi connectivity index (χ4n) is 1.60. The zero-order valence-corrected chi connectivity index (χ0v) is 17.0. The van der Waals surface area contributed by atoms with Crippen molar-refractivity contribution in [2.75, 3.05) is 6.61 Å². The number of hydrogen-bond donors (Lipinski definition) is 3. The van der Waals surface area contributed by atoms with Crippen molar-refractivity contribution in [3.63, 3.8) is 0 Å². The van der Waals surface area contributed by atoms with Crippen LogP contribution in [0.5, 0.6) is 0 Å². The first-order valence-corrected chi connectivity index (χ1v) is 8.85. The zero-order valence-electron chi connectivity index (χ0n) is 15.9. The largest absolute Gasteiger partial charge is 0.396 e. The average molecular weight is 334 g/mol. The minimum Gasteiger partial charge on any atom is -0.396 e. The standard InChI is InChI=1S/C12H26O.2C3H8O.Al/c1-2-3-4-5-6-7-8-9-10-11-12-13;2*1-3(2)4;/h13H,2-12H2,1H3;2*3-4H,1-2H3;. The minimum atomic E-state index is -0.167. The number of aliphatic hydroxyl groups is 3. The van der Waals surface area contributed by atoms with Gasteiger partial charge in [-0.15, -0.1) is 0 Å². The maximum atomic E-state index is 8.57. The molecule has 3 N–H and O–H groups in total. The predicted octanol–water partition coefficient (Wildman–Crippen LogP) is 4.29. The van der Waals surface area contributed by atoms with E-state index in [9.17, 15) is 0 Å². The van der Waals surface area contributed by atoms with E-state index in [1.54, 1.807) is 27.7 Å². The second-order valence-corrected chi connectivity index (χ2v) is 6.09. The Morgan fingerprint density at radius 2 is 0.818 bits per heavy atom. The van der Waals surface area contributed by atoms with Crippen molar-refractivity contribution in [1.82, 2.24) is 0 Å². The lowest BCUT2D eigenvalue weighted by atomic mass is 10.1. The van der Waals surface area contributed by atoms with Gasteiger partial charge in [0.2, 0.25) is 0 Å². The first kappa shape index (κ1) is 30.3. The van der Waals surface area contributed by atoms with Crippen LogP contribution in [0.1, 0.15) is 98.8 Å². The van der Waals surface area contributed by atoms with Crippen LogP contribution in [0.3, 0.4) is 0 Å². The molecule has 0 saturated heterocycles. The average Bonchev–Trinajstić information content (AvgIpc) is 2.35. The Bertz CT molecular complexity index is 132. The van der Waals surface area contributed by atoms with Gasteiger partial charge < -0.3 is 15.3 Å². The summed E-state index contributed by atoms with van der Waals surface area (Å²) in [6.45, 7) is 9.52. The molecule has 135 valence electrons. The van der Waals surface area contributed by atoms with Gasteiger partial charge in [0, 0.05) is 36.2 Å². The Hall–Kier alpha value is 0.412. The Morgan fingerprint density at radius 1 is 0.591 bits per heavy atom. The fraction of sp³-hybridized carbons (Fsp3) is 1.00. The van der Waals surface area contributed by atoms with Crippen LogP contribution < -0.4 is 0 Å². The molecule has 0 aliphatic rings. The van der Waals surface area contributed by atoms with Crippen molar-refractivity contribution in [1.29, 1.82) is 0 Å². The quantitative estimate of drug-likeness (QED) is 0.413. The fourth-order valence-corrected chi connectivity index (χ4v) is 1.60. The second kappa shape index (κ2) is 29.4. The monoisotopic (exact) mass is 333 g/mol. The Kier molecular flexibility index (Phi) is 40.5. The van der Waals surface area contributed by atoms with Gasteiger partial charge in [-0.05, 0) is 34.1 Å². The summed E-state index contributed by atoms with van der Waals surface area (Å²) in [6, 6.07) is 0. The van der Waals surface area contributed by atoms with Crippen LogP contribution in [0.25, 0.3) is 0 Å². The highest BCUT2D eigenvalue weighted by molar-refractivity contribution is 5.75. The number of rotatable bonds is 10. The Balaban J connectivity index is -0.000000150. The van der Waals surface area contributed by atoms with Gasteiger partial charge in [0.15, 0.2) is 0 Å². The van der Waals surface area contributed by atoms with Gasteiger partial charge in [0.25, 0.3) is 0 Å². The molecule has 4 heteroatoms. The topological polar surface area (TPSA) is 60.7 Å². The molecule has 0 spiro atoms. The SMILES string of the molecule is CC(C)O.CC(C)O.CCCCCCCCCCCCO.[Al]. The lowest BCUT2D eigenvalue weighted by molar-refractivity contribution is 0.215. The number of aliphatic hydroxyl groups excluding tert-OH is 3. The van der Waals surface area contributed by atoms with E-state index >= 15 is 0 Å². The van der Waals surface area contributed by atoms with Crippen LogP contribution in [0.2, 0.25) is 0 Å². The molecular weight excluding hydrogens is 291 g/mol. The summed E-state index contributed by atoms with van der Waals surface area (Å²) in [6.07, 6.45) is 13.0. The normalized spacial score (nSPS) is 9.55. The minimum absolute atomic E-state index is 0. The van der Waals surface area contributed by atoms with Gasteiger partial charge in [0.1, 0.15) is 0 Å². The molecule has 0 heterocycles. The lowest BCUT2D eigenvalue weighted by Crippen LogP contribution is -1.85. The van der Waals surface area contributed by atoms with Crippen LogP contribution in [0.15, 0.2) is 0 Å². The van der Waals surface area contributed by atoms with Crippen LogP contribution >= 0.6 is 0 Å². The van der Waals surface area contributed by atoms with Crippen molar-refractivity contribution >= 4 is 17.4 Å². The molecule has 0 fully saturated rings. The molecule has 0 atom stereocenters. The molecule has 0 aromatic heterocycles. The summed E-state index contributed by atoms with van der Waals surface area (Å²) in [5.41, 5.74) is 0. The van der Waals surface area contributed by atoms with E-state index < -0.39 is 0 Å². The van der Waals surface area contributed by atoms with Gasteiger partial charge in [-0.25, -0.2) is 0 Å². The van der Waals surface area contributed by atoms with E-state index in [4.69, 9.17) is 15.3 Å². The molecule has 3 radical (unpaired) electrons. The third-order valence-electron chi connectivity index (χ3n) is 2.51. The van der Waals surface area contributed by atoms with E-state index in [2.05, 4.69) is 6.92 Å². The number of unbranched alkanes of at least 4 members (excludes halogenated alkanes) is 9. The molecule has 0 aromatic rings. The van der Waals surface area contributed by atoms with Crippen molar-refractivity contribution in [2.24, 2.45) is 0 Å². The molecule has 0 bridgehead atoms. The predicted molar refractivity (Wildman–Crippen MR) is 99.4 cm³/mol. The van der Waals surface area contributed by atoms with Crippen molar-refractivity contribution in [2.45, 2.75) is 111 Å². The van der Waals surface area contributed by atoms with E-state index in [1.165, 1.54) is 57.8 Å². The summed E-state index contributed by atoms with van der Waals surface area (Å²) in [7, 11) is 0. The molecule has 0 aromatic carbocycles.